The Morgan fingerprint density at radius 1 is 1.11 bits per heavy atom. The van der Waals surface area contributed by atoms with Crippen LogP contribution in [0.5, 0.6) is 0 Å². The minimum absolute atomic E-state index is 0.804. The van der Waals surface area contributed by atoms with Crippen LogP contribution in [0.25, 0.3) is 0 Å². The third-order valence-corrected chi connectivity index (χ3v) is 3.09. The zero-order valence-corrected chi connectivity index (χ0v) is 12.2. The molecule has 0 aliphatic heterocycles. The summed E-state index contributed by atoms with van der Waals surface area (Å²) in [6.07, 6.45) is 2.50. The maximum Gasteiger partial charge on any atom is 0.0230 e. The standard InChI is InChI=1S/C16H28N2/c1-15(2)10-12-17-11-7-13-18(3)14-16-8-5-4-6-9-16/h4-6,8-9,15,17H,7,10-14H2,1-3H3. The minimum Gasteiger partial charge on any atom is -0.317 e. The molecule has 0 saturated carbocycles. The van der Waals surface area contributed by atoms with Crippen molar-refractivity contribution in [2.45, 2.75) is 33.2 Å². The lowest BCUT2D eigenvalue weighted by molar-refractivity contribution is 0.319. The first-order chi connectivity index (χ1) is 8.68. The summed E-state index contributed by atoms with van der Waals surface area (Å²) >= 11 is 0. The van der Waals surface area contributed by atoms with Crippen LogP contribution in [0, 0.1) is 5.92 Å². The lowest BCUT2D eigenvalue weighted by Crippen LogP contribution is -2.24. The van der Waals surface area contributed by atoms with Crippen LogP contribution >= 0.6 is 0 Å². The zero-order chi connectivity index (χ0) is 13.2. The van der Waals surface area contributed by atoms with E-state index in [1.807, 2.05) is 0 Å². The summed E-state index contributed by atoms with van der Waals surface area (Å²) in [5.41, 5.74) is 1.40. The second kappa shape index (κ2) is 9.12. The molecule has 0 bridgehead atoms. The molecular formula is C16H28N2. The van der Waals surface area contributed by atoms with Crippen LogP contribution in [0.3, 0.4) is 0 Å². The number of nitrogens with zero attached hydrogens (tertiary/aromatic N) is 1. The van der Waals surface area contributed by atoms with Crippen molar-refractivity contribution < 1.29 is 0 Å². The van der Waals surface area contributed by atoms with Crippen molar-refractivity contribution in [3.05, 3.63) is 35.9 Å². The molecule has 0 atom stereocenters. The summed E-state index contributed by atoms with van der Waals surface area (Å²) in [5.74, 6) is 0.804. The van der Waals surface area contributed by atoms with E-state index in [2.05, 4.69) is 61.4 Å². The number of benzene rings is 1. The van der Waals surface area contributed by atoms with Gasteiger partial charge >= 0.3 is 0 Å². The first-order valence-electron chi connectivity index (χ1n) is 7.11. The van der Waals surface area contributed by atoms with E-state index in [-0.39, 0.29) is 0 Å². The predicted octanol–water partition coefficient (Wildman–Crippen LogP) is 3.14. The second-order valence-corrected chi connectivity index (χ2v) is 5.51. The summed E-state index contributed by atoms with van der Waals surface area (Å²) in [7, 11) is 2.20. The molecule has 2 nitrogen and oxygen atoms in total. The number of hydrogen-bond acceptors (Lipinski definition) is 2. The Kier molecular flexibility index (Phi) is 7.70. The smallest absolute Gasteiger partial charge is 0.0230 e. The molecule has 0 spiro atoms. The quantitative estimate of drug-likeness (QED) is 0.675. The monoisotopic (exact) mass is 248 g/mol. The third kappa shape index (κ3) is 7.46. The molecule has 102 valence electrons. The van der Waals surface area contributed by atoms with Gasteiger partial charge in [0.25, 0.3) is 0 Å². The Bertz CT molecular complexity index is 295. The number of hydrogen-bond donors (Lipinski definition) is 1. The molecule has 1 N–H and O–H groups in total. The van der Waals surface area contributed by atoms with E-state index in [1.54, 1.807) is 0 Å². The third-order valence-electron chi connectivity index (χ3n) is 3.09. The second-order valence-electron chi connectivity index (χ2n) is 5.51. The summed E-state index contributed by atoms with van der Waals surface area (Å²) in [5, 5.41) is 3.51. The molecule has 0 saturated heterocycles. The van der Waals surface area contributed by atoms with Gasteiger partial charge in [-0.25, -0.2) is 0 Å². The highest BCUT2D eigenvalue weighted by atomic mass is 15.1. The molecule has 0 radical (unpaired) electrons. The molecule has 0 aliphatic rings. The summed E-state index contributed by atoms with van der Waals surface area (Å²) in [6, 6.07) is 10.7. The van der Waals surface area contributed by atoms with E-state index in [9.17, 15) is 0 Å². The Hall–Kier alpha value is -0.860. The van der Waals surface area contributed by atoms with Gasteiger partial charge in [0.2, 0.25) is 0 Å². The molecule has 0 aliphatic carbocycles. The van der Waals surface area contributed by atoms with E-state index in [1.165, 1.54) is 18.4 Å². The fourth-order valence-corrected chi connectivity index (χ4v) is 1.96. The van der Waals surface area contributed by atoms with Gasteiger partial charge in [-0.1, -0.05) is 44.2 Å². The Balaban J connectivity index is 2.02. The van der Waals surface area contributed by atoms with Crippen LogP contribution < -0.4 is 5.32 Å². The van der Waals surface area contributed by atoms with Crippen molar-refractivity contribution in [3.63, 3.8) is 0 Å². The average molecular weight is 248 g/mol. The van der Waals surface area contributed by atoms with Gasteiger partial charge in [-0.3, -0.25) is 0 Å². The predicted molar refractivity (Wildman–Crippen MR) is 79.7 cm³/mol. The Morgan fingerprint density at radius 3 is 2.50 bits per heavy atom. The van der Waals surface area contributed by atoms with E-state index in [0.29, 0.717) is 0 Å². The molecule has 0 unspecified atom stereocenters. The molecule has 2 heteroatoms. The maximum absolute atomic E-state index is 3.51. The lowest BCUT2D eigenvalue weighted by Gasteiger charge is -2.16. The van der Waals surface area contributed by atoms with Crippen molar-refractivity contribution in [2.75, 3.05) is 26.7 Å². The first-order valence-corrected chi connectivity index (χ1v) is 7.11. The molecule has 0 heterocycles. The molecular weight excluding hydrogens is 220 g/mol. The first kappa shape index (κ1) is 15.2. The van der Waals surface area contributed by atoms with E-state index < -0.39 is 0 Å². The van der Waals surface area contributed by atoms with Crippen molar-refractivity contribution >= 4 is 0 Å². The van der Waals surface area contributed by atoms with Crippen LogP contribution in [0.2, 0.25) is 0 Å². The fourth-order valence-electron chi connectivity index (χ4n) is 1.96. The van der Waals surface area contributed by atoms with Crippen LogP contribution in [-0.2, 0) is 6.54 Å². The van der Waals surface area contributed by atoms with Crippen LogP contribution in [0.15, 0.2) is 30.3 Å². The van der Waals surface area contributed by atoms with Crippen molar-refractivity contribution in [1.29, 1.82) is 0 Å². The molecule has 1 aromatic rings. The van der Waals surface area contributed by atoms with Crippen LogP contribution in [-0.4, -0.2) is 31.6 Å². The van der Waals surface area contributed by atoms with Gasteiger partial charge in [0.05, 0.1) is 0 Å². The van der Waals surface area contributed by atoms with Gasteiger partial charge < -0.3 is 10.2 Å². The fraction of sp³-hybridized carbons (Fsp3) is 0.625. The average Bonchev–Trinajstić information content (AvgIpc) is 2.34. The highest BCUT2D eigenvalue weighted by Gasteiger charge is 1.99. The lowest BCUT2D eigenvalue weighted by atomic mass is 10.1. The van der Waals surface area contributed by atoms with Gasteiger partial charge in [-0.05, 0) is 51.0 Å². The van der Waals surface area contributed by atoms with E-state index in [4.69, 9.17) is 0 Å². The highest BCUT2D eigenvalue weighted by Crippen LogP contribution is 2.02. The normalized spacial score (nSPS) is 11.4. The molecule has 0 fully saturated rings. The molecule has 1 aromatic carbocycles. The molecule has 18 heavy (non-hydrogen) atoms. The van der Waals surface area contributed by atoms with Gasteiger partial charge in [0, 0.05) is 6.54 Å². The summed E-state index contributed by atoms with van der Waals surface area (Å²) in [4.78, 5) is 2.39. The largest absolute Gasteiger partial charge is 0.317 e. The number of rotatable bonds is 9. The SMILES string of the molecule is CC(C)CCNCCCN(C)Cc1ccccc1. The summed E-state index contributed by atoms with van der Waals surface area (Å²) in [6.45, 7) is 9.03. The van der Waals surface area contributed by atoms with E-state index in [0.717, 1.165) is 32.1 Å². The van der Waals surface area contributed by atoms with Gasteiger partial charge in [0.1, 0.15) is 0 Å². The minimum atomic E-state index is 0.804. The van der Waals surface area contributed by atoms with Gasteiger partial charge in [-0.2, -0.15) is 0 Å². The van der Waals surface area contributed by atoms with Crippen molar-refractivity contribution in [1.82, 2.24) is 10.2 Å². The van der Waals surface area contributed by atoms with Gasteiger partial charge in [-0.15, -0.1) is 0 Å². The zero-order valence-electron chi connectivity index (χ0n) is 12.2. The van der Waals surface area contributed by atoms with Crippen LogP contribution in [0.4, 0.5) is 0 Å². The van der Waals surface area contributed by atoms with E-state index >= 15 is 0 Å². The molecule has 1 rings (SSSR count). The number of nitrogens with one attached hydrogen (secondary N) is 1. The van der Waals surface area contributed by atoms with Crippen molar-refractivity contribution in [3.8, 4) is 0 Å². The Morgan fingerprint density at radius 2 is 1.83 bits per heavy atom. The molecule has 0 amide bonds. The molecule has 0 aromatic heterocycles. The topological polar surface area (TPSA) is 15.3 Å². The van der Waals surface area contributed by atoms with Crippen LogP contribution in [0.1, 0.15) is 32.3 Å². The van der Waals surface area contributed by atoms with Gasteiger partial charge in [0.15, 0.2) is 0 Å². The summed E-state index contributed by atoms with van der Waals surface area (Å²) < 4.78 is 0. The Labute approximate surface area is 112 Å². The maximum atomic E-state index is 3.51. The van der Waals surface area contributed by atoms with Crippen molar-refractivity contribution in [2.24, 2.45) is 5.92 Å². The highest BCUT2D eigenvalue weighted by molar-refractivity contribution is 5.14.